The molecule has 136 valence electrons. The van der Waals surface area contributed by atoms with E-state index in [4.69, 9.17) is 4.74 Å². The molecular formula is C18H18N2O5S. The van der Waals surface area contributed by atoms with Crippen molar-refractivity contribution in [2.75, 3.05) is 12.4 Å². The van der Waals surface area contributed by atoms with Crippen molar-refractivity contribution in [3.05, 3.63) is 62.0 Å². The van der Waals surface area contributed by atoms with E-state index in [2.05, 4.69) is 5.32 Å². The number of benzene rings is 1. The highest BCUT2D eigenvalue weighted by Crippen LogP contribution is 2.34. The molecule has 1 heterocycles. The van der Waals surface area contributed by atoms with Crippen LogP contribution < -0.4 is 5.32 Å². The maximum absolute atomic E-state index is 12.2. The van der Waals surface area contributed by atoms with E-state index in [0.717, 1.165) is 10.4 Å². The predicted molar refractivity (Wildman–Crippen MR) is 101 cm³/mol. The van der Waals surface area contributed by atoms with Gasteiger partial charge in [0.1, 0.15) is 5.00 Å². The van der Waals surface area contributed by atoms with E-state index in [0.29, 0.717) is 22.5 Å². The molecule has 0 radical (unpaired) electrons. The van der Waals surface area contributed by atoms with Crippen LogP contribution in [0.1, 0.15) is 33.3 Å². The predicted octanol–water partition coefficient (Wildman–Crippen LogP) is 3.97. The molecule has 2 rings (SSSR count). The van der Waals surface area contributed by atoms with Crippen LogP contribution in [-0.2, 0) is 16.0 Å². The van der Waals surface area contributed by atoms with Crippen molar-refractivity contribution < 1.29 is 19.2 Å². The zero-order valence-corrected chi connectivity index (χ0v) is 15.4. The van der Waals surface area contributed by atoms with Crippen LogP contribution in [0.25, 0.3) is 6.08 Å². The number of hydrogen-bond donors (Lipinski definition) is 1. The van der Waals surface area contributed by atoms with Gasteiger partial charge in [0.2, 0.25) is 5.91 Å². The van der Waals surface area contributed by atoms with Crippen molar-refractivity contribution >= 4 is 40.0 Å². The van der Waals surface area contributed by atoms with Gasteiger partial charge in [-0.2, -0.15) is 0 Å². The molecule has 26 heavy (non-hydrogen) atoms. The molecule has 1 aromatic carbocycles. The maximum Gasteiger partial charge on any atom is 0.341 e. The Bertz CT molecular complexity index is 868. The van der Waals surface area contributed by atoms with Crippen molar-refractivity contribution in [3.63, 3.8) is 0 Å². The molecule has 2 aromatic rings. The third-order valence-electron chi connectivity index (χ3n) is 3.72. The zero-order valence-electron chi connectivity index (χ0n) is 14.6. The molecule has 1 aromatic heterocycles. The van der Waals surface area contributed by atoms with Gasteiger partial charge in [-0.1, -0.05) is 6.92 Å². The number of ether oxygens (including phenoxy) is 1. The Kier molecular flexibility index (Phi) is 6.24. The highest BCUT2D eigenvalue weighted by atomic mass is 32.1. The molecule has 0 saturated heterocycles. The Balaban J connectivity index is 2.17. The van der Waals surface area contributed by atoms with Gasteiger partial charge in [0.05, 0.1) is 17.6 Å². The second kappa shape index (κ2) is 8.39. The molecule has 0 unspecified atom stereocenters. The molecule has 0 saturated carbocycles. The molecule has 0 aliphatic heterocycles. The zero-order chi connectivity index (χ0) is 19.3. The van der Waals surface area contributed by atoms with Crippen molar-refractivity contribution in [1.82, 2.24) is 0 Å². The fourth-order valence-corrected chi connectivity index (χ4v) is 3.58. The van der Waals surface area contributed by atoms with E-state index in [1.54, 1.807) is 12.1 Å². The second-order valence-corrected chi connectivity index (χ2v) is 6.58. The number of aryl methyl sites for hydroxylation is 1. The lowest BCUT2D eigenvalue weighted by atomic mass is 10.1. The van der Waals surface area contributed by atoms with Crippen LogP contribution in [0.15, 0.2) is 30.3 Å². The Morgan fingerprint density at radius 1 is 1.31 bits per heavy atom. The highest BCUT2D eigenvalue weighted by molar-refractivity contribution is 7.16. The van der Waals surface area contributed by atoms with Crippen LogP contribution >= 0.6 is 11.3 Å². The number of carbonyl (C=O) groups is 2. The van der Waals surface area contributed by atoms with E-state index >= 15 is 0 Å². The summed E-state index contributed by atoms with van der Waals surface area (Å²) in [6.45, 7) is 3.82. The van der Waals surface area contributed by atoms with Crippen molar-refractivity contribution in [2.24, 2.45) is 0 Å². The summed E-state index contributed by atoms with van der Waals surface area (Å²) in [6, 6.07) is 5.82. The van der Waals surface area contributed by atoms with Crippen molar-refractivity contribution in [2.45, 2.75) is 20.3 Å². The number of nitro benzene ring substituents is 1. The van der Waals surface area contributed by atoms with E-state index in [9.17, 15) is 19.7 Å². The standard InChI is InChI=1S/C18H18N2O5S/c1-4-14-11(2)26-17(16(14)18(22)25-3)19-15(21)10-7-12-5-8-13(9-6-12)20(23)24/h5-10H,4H2,1-3H3,(H,19,21)/b10-7+. The Morgan fingerprint density at radius 3 is 2.50 bits per heavy atom. The number of nitro groups is 1. The van der Waals surface area contributed by atoms with E-state index in [1.165, 1.54) is 42.7 Å². The molecule has 0 spiro atoms. The van der Waals surface area contributed by atoms with E-state index in [1.807, 2.05) is 13.8 Å². The van der Waals surface area contributed by atoms with Gasteiger partial charge in [0.25, 0.3) is 5.69 Å². The lowest BCUT2D eigenvalue weighted by molar-refractivity contribution is -0.384. The minimum Gasteiger partial charge on any atom is -0.465 e. The number of anilines is 1. The minimum atomic E-state index is -0.487. The lowest BCUT2D eigenvalue weighted by Crippen LogP contribution is -2.12. The smallest absolute Gasteiger partial charge is 0.341 e. The van der Waals surface area contributed by atoms with Gasteiger partial charge in [-0.15, -0.1) is 11.3 Å². The van der Waals surface area contributed by atoms with Gasteiger partial charge in [-0.05, 0) is 42.7 Å². The summed E-state index contributed by atoms with van der Waals surface area (Å²) in [5.74, 6) is -0.891. The van der Waals surface area contributed by atoms with Crippen LogP contribution in [-0.4, -0.2) is 23.9 Å². The largest absolute Gasteiger partial charge is 0.465 e. The quantitative estimate of drug-likeness (QED) is 0.357. The minimum absolute atomic E-state index is 0.0181. The molecule has 0 aliphatic rings. The van der Waals surface area contributed by atoms with Gasteiger partial charge >= 0.3 is 5.97 Å². The third-order valence-corrected chi connectivity index (χ3v) is 4.78. The number of methoxy groups -OCH3 is 1. The van der Waals surface area contributed by atoms with Crippen LogP contribution in [0.5, 0.6) is 0 Å². The molecule has 7 nitrogen and oxygen atoms in total. The Morgan fingerprint density at radius 2 is 1.96 bits per heavy atom. The number of carbonyl (C=O) groups excluding carboxylic acids is 2. The monoisotopic (exact) mass is 374 g/mol. The lowest BCUT2D eigenvalue weighted by Gasteiger charge is -2.05. The van der Waals surface area contributed by atoms with Crippen LogP contribution in [0, 0.1) is 17.0 Å². The first-order chi connectivity index (χ1) is 12.4. The number of nitrogens with zero attached hydrogens (tertiary/aromatic N) is 1. The topological polar surface area (TPSA) is 98.5 Å². The third kappa shape index (κ3) is 4.34. The first kappa shape index (κ1) is 19.3. The summed E-state index contributed by atoms with van der Waals surface area (Å²) in [4.78, 5) is 35.3. The van der Waals surface area contributed by atoms with E-state index < -0.39 is 16.8 Å². The van der Waals surface area contributed by atoms with Gasteiger partial charge in [0, 0.05) is 23.1 Å². The number of thiophene rings is 1. The van der Waals surface area contributed by atoms with Gasteiger partial charge < -0.3 is 10.1 Å². The molecule has 0 aliphatic carbocycles. The summed E-state index contributed by atoms with van der Waals surface area (Å²) < 4.78 is 4.82. The fraction of sp³-hybridized carbons (Fsp3) is 0.222. The Labute approximate surface area is 154 Å². The molecule has 0 atom stereocenters. The summed E-state index contributed by atoms with van der Waals surface area (Å²) in [7, 11) is 1.30. The molecule has 0 fully saturated rings. The maximum atomic E-state index is 12.2. The summed E-state index contributed by atoms with van der Waals surface area (Å²) >= 11 is 1.32. The van der Waals surface area contributed by atoms with Gasteiger partial charge in [-0.25, -0.2) is 4.79 Å². The van der Waals surface area contributed by atoms with Crippen LogP contribution in [0.3, 0.4) is 0 Å². The number of non-ortho nitro benzene ring substituents is 1. The van der Waals surface area contributed by atoms with Crippen molar-refractivity contribution in [3.8, 4) is 0 Å². The first-order valence-electron chi connectivity index (χ1n) is 7.81. The number of amides is 1. The average Bonchev–Trinajstić information content (AvgIpc) is 2.94. The molecule has 0 bridgehead atoms. The van der Waals surface area contributed by atoms with Gasteiger partial charge in [0.15, 0.2) is 0 Å². The fourth-order valence-electron chi connectivity index (χ4n) is 2.44. The average molecular weight is 374 g/mol. The van der Waals surface area contributed by atoms with Crippen LogP contribution in [0.4, 0.5) is 10.7 Å². The molecule has 1 amide bonds. The number of rotatable bonds is 6. The molecule has 1 N–H and O–H groups in total. The summed E-state index contributed by atoms with van der Waals surface area (Å²) in [5, 5.41) is 13.8. The number of esters is 1. The summed E-state index contributed by atoms with van der Waals surface area (Å²) in [5.41, 5.74) is 1.87. The summed E-state index contributed by atoms with van der Waals surface area (Å²) in [6.07, 6.45) is 3.50. The van der Waals surface area contributed by atoms with Crippen molar-refractivity contribution in [1.29, 1.82) is 0 Å². The van der Waals surface area contributed by atoms with E-state index in [-0.39, 0.29) is 5.69 Å². The Hall–Kier alpha value is -3.00. The van der Waals surface area contributed by atoms with Crippen LogP contribution in [0.2, 0.25) is 0 Å². The molecule has 8 heteroatoms. The molecular weight excluding hydrogens is 356 g/mol. The number of nitrogens with one attached hydrogen (secondary N) is 1. The number of hydrogen-bond acceptors (Lipinski definition) is 6. The SMILES string of the molecule is CCc1c(C)sc(NC(=O)/C=C/c2ccc([N+](=O)[O-])cc2)c1C(=O)OC. The first-order valence-corrected chi connectivity index (χ1v) is 8.63. The van der Waals surface area contributed by atoms with Gasteiger partial charge in [-0.3, -0.25) is 14.9 Å². The second-order valence-electron chi connectivity index (χ2n) is 5.36. The highest BCUT2D eigenvalue weighted by Gasteiger charge is 2.22. The normalized spacial score (nSPS) is 10.7.